The highest BCUT2D eigenvalue weighted by Gasteiger charge is 2.35. The van der Waals surface area contributed by atoms with Gasteiger partial charge < -0.3 is 19.7 Å². The van der Waals surface area contributed by atoms with Gasteiger partial charge in [-0.2, -0.15) is 0 Å². The number of alkyl carbamates (subject to hydrolysis) is 1. The molecule has 1 N–H and O–H groups in total. The molecule has 3 rings (SSSR count). The summed E-state index contributed by atoms with van der Waals surface area (Å²) in [5, 5.41) is 2.99. The number of nitrogens with zero attached hydrogens (tertiary/aromatic N) is 1. The van der Waals surface area contributed by atoms with E-state index in [1.807, 2.05) is 38.1 Å². The summed E-state index contributed by atoms with van der Waals surface area (Å²) >= 11 is 0. The first-order valence-corrected chi connectivity index (χ1v) is 14.1. The van der Waals surface area contributed by atoms with Gasteiger partial charge in [-0.15, -0.1) is 0 Å². The molecule has 6 nitrogen and oxygen atoms in total. The molecule has 0 saturated carbocycles. The Morgan fingerprint density at radius 1 is 0.923 bits per heavy atom. The zero-order chi connectivity index (χ0) is 28.5. The van der Waals surface area contributed by atoms with E-state index >= 15 is 0 Å². The monoisotopic (exact) mass is 544 g/mol. The fourth-order valence-electron chi connectivity index (χ4n) is 4.68. The zero-order valence-electron chi connectivity index (χ0n) is 23.6. The van der Waals surface area contributed by atoms with Gasteiger partial charge >= 0.3 is 6.09 Å². The SMILES string of the molecule is CCCCCC(CCC)OC(=O)NC(C)(C)c1ccc(Oc2ccc(C(=O)N3CCC(F)(F)CC3)cc2)cc1. The molecule has 1 atom stereocenters. The lowest BCUT2D eigenvalue weighted by Gasteiger charge is -2.31. The van der Waals surface area contributed by atoms with Gasteiger partial charge in [0.05, 0.1) is 5.54 Å². The van der Waals surface area contributed by atoms with Crippen LogP contribution in [0.5, 0.6) is 11.5 Å². The second-order valence-corrected chi connectivity index (χ2v) is 10.9. The van der Waals surface area contributed by atoms with Crippen molar-refractivity contribution in [3.8, 4) is 11.5 Å². The predicted octanol–water partition coefficient (Wildman–Crippen LogP) is 8.06. The fourth-order valence-corrected chi connectivity index (χ4v) is 4.68. The lowest BCUT2D eigenvalue weighted by atomic mass is 9.94. The molecule has 1 heterocycles. The topological polar surface area (TPSA) is 67.9 Å². The number of benzene rings is 2. The van der Waals surface area contributed by atoms with Gasteiger partial charge in [0.2, 0.25) is 0 Å². The molecule has 1 saturated heterocycles. The molecular formula is C31H42F2N2O4. The summed E-state index contributed by atoms with van der Waals surface area (Å²) in [5.41, 5.74) is 0.697. The summed E-state index contributed by atoms with van der Waals surface area (Å²) in [6.07, 6.45) is 4.94. The molecule has 8 heteroatoms. The third-order valence-electron chi connectivity index (χ3n) is 7.12. The largest absolute Gasteiger partial charge is 0.457 e. The number of likely N-dealkylation sites (tertiary alicyclic amines) is 1. The van der Waals surface area contributed by atoms with Crippen molar-refractivity contribution in [1.29, 1.82) is 0 Å². The van der Waals surface area contributed by atoms with E-state index in [4.69, 9.17) is 9.47 Å². The van der Waals surface area contributed by atoms with E-state index in [9.17, 15) is 18.4 Å². The van der Waals surface area contributed by atoms with Gasteiger partial charge in [0.15, 0.2) is 0 Å². The van der Waals surface area contributed by atoms with Crippen LogP contribution in [0.25, 0.3) is 0 Å². The lowest BCUT2D eigenvalue weighted by Crippen LogP contribution is -2.42. The van der Waals surface area contributed by atoms with Gasteiger partial charge in [-0.25, -0.2) is 13.6 Å². The second kappa shape index (κ2) is 13.8. The summed E-state index contributed by atoms with van der Waals surface area (Å²) in [6.45, 7) is 8.21. The van der Waals surface area contributed by atoms with Crippen LogP contribution in [0.1, 0.15) is 95.0 Å². The number of carbonyl (C=O) groups is 2. The van der Waals surface area contributed by atoms with Crippen LogP contribution >= 0.6 is 0 Å². The average Bonchev–Trinajstić information content (AvgIpc) is 2.89. The van der Waals surface area contributed by atoms with Gasteiger partial charge in [-0.05, 0) is 75.1 Å². The van der Waals surface area contributed by atoms with Crippen LogP contribution in [0.2, 0.25) is 0 Å². The minimum atomic E-state index is -2.69. The van der Waals surface area contributed by atoms with Crippen molar-refractivity contribution in [1.82, 2.24) is 10.2 Å². The predicted molar refractivity (Wildman–Crippen MR) is 149 cm³/mol. The summed E-state index contributed by atoms with van der Waals surface area (Å²) in [5.74, 6) is -1.79. The number of ether oxygens (including phenoxy) is 2. The van der Waals surface area contributed by atoms with E-state index in [1.165, 1.54) is 4.90 Å². The minimum Gasteiger partial charge on any atom is -0.457 e. The Labute approximate surface area is 231 Å². The molecule has 2 aromatic rings. The van der Waals surface area contributed by atoms with E-state index in [0.29, 0.717) is 17.1 Å². The Hall–Kier alpha value is -3.16. The number of alkyl halides is 2. The van der Waals surface area contributed by atoms with E-state index < -0.39 is 17.6 Å². The number of rotatable bonds is 12. The molecule has 1 unspecified atom stereocenters. The smallest absolute Gasteiger partial charge is 0.408 e. The second-order valence-electron chi connectivity index (χ2n) is 10.9. The highest BCUT2D eigenvalue weighted by Crippen LogP contribution is 2.30. The fraction of sp³-hybridized carbons (Fsp3) is 0.548. The van der Waals surface area contributed by atoms with Crippen LogP contribution in [0.15, 0.2) is 48.5 Å². The number of nitrogens with one attached hydrogen (secondary N) is 1. The van der Waals surface area contributed by atoms with Gasteiger partial charge in [-0.1, -0.05) is 45.2 Å². The summed E-state index contributed by atoms with van der Waals surface area (Å²) in [6, 6.07) is 14.1. The Morgan fingerprint density at radius 3 is 2.08 bits per heavy atom. The number of hydrogen-bond acceptors (Lipinski definition) is 4. The van der Waals surface area contributed by atoms with Crippen LogP contribution in [-0.2, 0) is 10.3 Å². The maximum atomic E-state index is 13.4. The highest BCUT2D eigenvalue weighted by molar-refractivity contribution is 5.94. The van der Waals surface area contributed by atoms with E-state index in [0.717, 1.165) is 44.1 Å². The average molecular weight is 545 g/mol. The number of amides is 2. The van der Waals surface area contributed by atoms with Gasteiger partial charge in [-0.3, -0.25) is 4.79 Å². The lowest BCUT2D eigenvalue weighted by molar-refractivity contribution is -0.0494. The number of hydrogen-bond donors (Lipinski definition) is 1. The molecule has 1 aliphatic rings. The molecule has 2 amide bonds. The van der Waals surface area contributed by atoms with Crippen molar-refractivity contribution in [3.63, 3.8) is 0 Å². The van der Waals surface area contributed by atoms with Crippen LogP contribution in [0.4, 0.5) is 13.6 Å². The summed E-state index contributed by atoms with van der Waals surface area (Å²) in [4.78, 5) is 26.8. The molecule has 0 spiro atoms. The molecule has 1 fully saturated rings. The Balaban J connectivity index is 1.54. The van der Waals surface area contributed by atoms with Gasteiger partial charge in [0.1, 0.15) is 17.6 Å². The van der Waals surface area contributed by atoms with Crippen molar-refractivity contribution in [2.75, 3.05) is 13.1 Å². The molecule has 0 radical (unpaired) electrons. The molecule has 214 valence electrons. The molecular weight excluding hydrogens is 502 g/mol. The quantitative estimate of drug-likeness (QED) is 0.275. The third kappa shape index (κ3) is 9.22. The Kier molecular flexibility index (Phi) is 10.7. The normalized spacial score (nSPS) is 15.9. The van der Waals surface area contributed by atoms with Crippen molar-refractivity contribution in [3.05, 3.63) is 59.7 Å². The number of piperidine rings is 1. The van der Waals surface area contributed by atoms with Gasteiger partial charge in [0, 0.05) is 31.5 Å². The molecule has 2 aromatic carbocycles. The van der Waals surface area contributed by atoms with Crippen LogP contribution in [0.3, 0.4) is 0 Å². The first-order chi connectivity index (χ1) is 18.5. The molecule has 0 bridgehead atoms. The zero-order valence-corrected chi connectivity index (χ0v) is 23.6. The maximum Gasteiger partial charge on any atom is 0.408 e. The maximum absolute atomic E-state index is 13.4. The molecule has 0 aliphatic carbocycles. The summed E-state index contributed by atoms with van der Waals surface area (Å²) < 4.78 is 38.4. The van der Waals surface area contributed by atoms with Crippen molar-refractivity contribution >= 4 is 12.0 Å². The van der Waals surface area contributed by atoms with Crippen LogP contribution in [0, 0.1) is 0 Å². The first-order valence-electron chi connectivity index (χ1n) is 14.1. The van der Waals surface area contributed by atoms with E-state index in [1.54, 1.807) is 24.3 Å². The number of halogens is 2. The highest BCUT2D eigenvalue weighted by atomic mass is 19.3. The molecule has 0 aromatic heterocycles. The minimum absolute atomic E-state index is 0.0532. The van der Waals surface area contributed by atoms with Crippen molar-refractivity contribution in [2.45, 2.75) is 96.6 Å². The third-order valence-corrected chi connectivity index (χ3v) is 7.12. The molecule has 1 aliphatic heterocycles. The number of unbranched alkanes of at least 4 members (excludes halogenated alkanes) is 2. The summed E-state index contributed by atoms with van der Waals surface area (Å²) in [7, 11) is 0. The number of carbonyl (C=O) groups excluding carboxylic acids is 2. The van der Waals surface area contributed by atoms with Crippen LogP contribution in [-0.4, -0.2) is 42.0 Å². The van der Waals surface area contributed by atoms with E-state index in [-0.39, 0.29) is 37.9 Å². The van der Waals surface area contributed by atoms with Crippen LogP contribution < -0.4 is 10.1 Å². The standard InChI is InChI=1S/C31H42F2N2O4/c1-5-7-8-10-25(9-6-2)39-29(37)34-30(3,4)24-13-17-27(18-14-24)38-26-15-11-23(12-16-26)28(36)35-21-19-31(32,33)20-22-35/h11-18,25H,5-10,19-22H2,1-4H3,(H,34,37). The first kappa shape index (κ1) is 30.4. The van der Waals surface area contributed by atoms with Gasteiger partial charge in [0.25, 0.3) is 11.8 Å². The van der Waals surface area contributed by atoms with Crippen molar-refractivity contribution in [2.24, 2.45) is 0 Å². The molecule has 39 heavy (non-hydrogen) atoms. The van der Waals surface area contributed by atoms with Crippen molar-refractivity contribution < 1.29 is 27.8 Å². The Morgan fingerprint density at radius 2 is 1.51 bits per heavy atom. The van der Waals surface area contributed by atoms with E-state index in [2.05, 4.69) is 19.2 Å². The Bertz CT molecular complexity index is 1060.